The largest absolute Gasteiger partial charge is 0.454 e. The molecule has 0 aliphatic carbocycles. The van der Waals surface area contributed by atoms with Crippen LogP contribution in [0.25, 0.3) is 93.2 Å². The van der Waals surface area contributed by atoms with Crippen molar-refractivity contribution < 1.29 is 4.42 Å². The highest BCUT2D eigenvalue weighted by atomic mass is 16.3. The van der Waals surface area contributed by atoms with Gasteiger partial charge in [0, 0.05) is 44.2 Å². The Morgan fingerprint density at radius 3 is 1.86 bits per heavy atom. The van der Waals surface area contributed by atoms with E-state index in [9.17, 15) is 0 Å². The van der Waals surface area contributed by atoms with Crippen LogP contribution in [0, 0.1) is 0 Å². The van der Waals surface area contributed by atoms with Crippen molar-refractivity contribution in [1.29, 1.82) is 0 Å². The number of para-hydroxylation sites is 3. The van der Waals surface area contributed by atoms with E-state index in [0.29, 0.717) is 0 Å². The number of anilines is 3. The number of rotatable bonds is 6. The van der Waals surface area contributed by atoms with Crippen molar-refractivity contribution in [2.24, 2.45) is 0 Å². The van der Waals surface area contributed by atoms with Crippen LogP contribution in [0.2, 0.25) is 0 Å². The molecule has 0 saturated carbocycles. The highest BCUT2D eigenvalue weighted by molar-refractivity contribution is 6.23. The van der Waals surface area contributed by atoms with Crippen molar-refractivity contribution in [1.82, 2.24) is 4.57 Å². The van der Waals surface area contributed by atoms with Gasteiger partial charge in [-0.3, -0.25) is 0 Å². The maximum absolute atomic E-state index is 7.07. The molecule has 3 heteroatoms. The molecule has 0 unspecified atom stereocenters. The first kappa shape index (κ1) is 33.3. The van der Waals surface area contributed by atoms with E-state index in [1.807, 2.05) is 0 Å². The van der Waals surface area contributed by atoms with Gasteiger partial charge in [0.2, 0.25) is 0 Å². The number of aromatic nitrogens is 1. The minimum Gasteiger partial charge on any atom is -0.454 e. The minimum atomic E-state index is 0.844. The van der Waals surface area contributed by atoms with Crippen molar-refractivity contribution in [3.63, 3.8) is 0 Å². The molecule has 0 amide bonds. The predicted molar refractivity (Wildman–Crippen MR) is 249 cm³/mol. The molecule has 0 aliphatic rings. The van der Waals surface area contributed by atoms with Crippen LogP contribution in [0.3, 0.4) is 0 Å². The third-order valence-electron chi connectivity index (χ3n) is 11.9. The van der Waals surface area contributed by atoms with Gasteiger partial charge in [-0.05, 0) is 98.9 Å². The second kappa shape index (κ2) is 13.4. The van der Waals surface area contributed by atoms with E-state index in [4.69, 9.17) is 4.42 Å². The van der Waals surface area contributed by atoms with Gasteiger partial charge in [0.1, 0.15) is 5.58 Å². The lowest BCUT2D eigenvalue weighted by Crippen LogP contribution is -2.10. The van der Waals surface area contributed by atoms with Gasteiger partial charge in [-0.25, -0.2) is 0 Å². The number of nitrogens with zero attached hydrogens (tertiary/aromatic N) is 2. The molecule has 0 N–H and O–H groups in total. The van der Waals surface area contributed by atoms with Gasteiger partial charge in [-0.15, -0.1) is 0 Å². The number of furan rings is 1. The summed E-state index contributed by atoms with van der Waals surface area (Å²) in [6, 6.07) is 78.7. The van der Waals surface area contributed by atoms with Crippen LogP contribution < -0.4 is 4.90 Å². The summed E-state index contributed by atoms with van der Waals surface area (Å²) in [5.41, 5.74) is 12.9. The van der Waals surface area contributed by atoms with Crippen molar-refractivity contribution in [3.05, 3.63) is 218 Å². The van der Waals surface area contributed by atoms with Crippen LogP contribution in [0.4, 0.5) is 17.1 Å². The Bertz CT molecular complexity index is 3540. The number of benzene rings is 10. The summed E-state index contributed by atoms with van der Waals surface area (Å²) in [6.07, 6.45) is 0. The normalized spacial score (nSPS) is 11.7. The van der Waals surface area contributed by atoms with Gasteiger partial charge in [0.25, 0.3) is 0 Å². The third kappa shape index (κ3) is 5.36. The summed E-state index contributed by atoms with van der Waals surface area (Å²) in [5.74, 6) is 0. The standard InChI is InChI=1S/C56H36N2O/c1-3-14-37(15-4-1)39-26-30-44(31-27-39)57(45-32-28-38-16-7-8-18-41(38)34-45)52-36-42(35-50-54-46-21-10-9-17-40(46)29-33-53(54)59-56(50)52)47-23-13-24-49-48-22-11-12-25-51(48)58(55(47)49)43-19-5-2-6-20-43/h1-36H. The summed E-state index contributed by atoms with van der Waals surface area (Å²) in [4.78, 5) is 2.38. The first-order chi connectivity index (χ1) is 29.3. The fourth-order valence-electron chi connectivity index (χ4n) is 9.23. The molecule has 0 spiro atoms. The van der Waals surface area contributed by atoms with Crippen molar-refractivity contribution >= 4 is 82.4 Å². The topological polar surface area (TPSA) is 21.3 Å². The average Bonchev–Trinajstić information content (AvgIpc) is 3.86. The number of fused-ring (bicyclic) bond motifs is 9. The maximum Gasteiger partial charge on any atom is 0.159 e. The molecule has 10 aromatic carbocycles. The Hall–Kier alpha value is -7.88. The SMILES string of the molecule is c1ccc(-c2ccc(N(c3ccc4ccccc4c3)c3cc(-c4cccc5c6ccccc6n(-c6ccccc6)c45)cc4c3oc3ccc5ccccc5c34)cc2)cc1. The Balaban J connectivity index is 1.20. The molecule has 276 valence electrons. The van der Waals surface area contributed by atoms with Crippen LogP contribution in [0.1, 0.15) is 0 Å². The molecule has 12 aromatic rings. The molecular formula is C56H36N2O. The zero-order chi connectivity index (χ0) is 38.9. The lowest BCUT2D eigenvalue weighted by atomic mass is 9.96. The van der Waals surface area contributed by atoms with Crippen molar-refractivity contribution in [2.75, 3.05) is 4.90 Å². The van der Waals surface area contributed by atoms with Crippen LogP contribution in [-0.4, -0.2) is 4.57 Å². The smallest absolute Gasteiger partial charge is 0.159 e. The van der Waals surface area contributed by atoms with Gasteiger partial charge >= 0.3 is 0 Å². The van der Waals surface area contributed by atoms with Gasteiger partial charge in [-0.2, -0.15) is 0 Å². The Morgan fingerprint density at radius 2 is 1.03 bits per heavy atom. The second-order valence-corrected chi connectivity index (χ2v) is 15.3. The van der Waals surface area contributed by atoms with Crippen LogP contribution in [-0.2, 0) is 0 Å². The predicted octanol–water partition coefficient (Wildman–Crippen LogP) is 15.8. The zero-order valence-corrected chi connectivity index (χ0v) is 32.1. The minimum absolute atomic E-state index is 0.844. The first-order valence-electron chi connectivity index (χ1n) is 20.2. The van der Waals surface area contributed by atoms with Gasteiger partial charge in [-0.1, -0.05) is 158 Å². The van der Waals surface area contributed by atoms with Gasteiger partial charge in [0.05, 0.1) is 16.7 Å². The van der Waals surface area contributed by atoms with E-state index in [0.717, 1.165) is 55.8 Å². The fourth-order valence-corrected chi connectivity index (χ4v) is 9.23. The fraction of sp³-hybridized carbons (Fsp3) is 0. The second-order valence-electron chi connectivity index (χ2n) is 15.3. The van der Waals surface area contributed by atoms with E-state index in [1.54, 1.807) is 0 Å². The molecule has 12 rings (SSSR count). The average molecular weight is 753 g/mol. The van der Waals surface area contributed by atoms with E-state index < -0.39 is 0 Å². The Labute approximate surface area is 341 Å². The third-order valence-corrected chi connectivity index (χ3v) is 11.9. The lowest BCUT2D eigenvalue weighted by Gasteiger charge is -2.27. The molecule has 2 heterocycles. The quantitative estimate of drug-likeness (QED) is 0.169. The molecular weight excluding hydrogens is 717 g/mol. The number of hydrogen-bond donors (Lipinski definition) is 0. The maximum atomic E-state index is 7.07. The summed E-state index contributed by atoms with van der Waals surface area (Å²) in [7, 11) is 0. The molecule has 59 heavy (non-hydrogen) atoms. The van der Waals surface area contributed by atoms with E-state index >= 15 is 0 Å². The first-order valence-corrected chi connectivity index (χ1v) is 20.2. The highest BCUT2D eigenvalue weighted by Crippen LogP contribution is 2.48. The lowest BCUT2D eigenvalue weighted by molar-refractivity contribution is 0.669. The molecule has 2 aromatic heterocycles. The summed E-state index contributed by atoms with van der Waals surface area (Å²) in [6.45, 7) is 0. The van der Waals surface area contributed by atoms with E-state index in [2.05, 4.69) is 228 Å². The van der Waals surface area contributed by atoms with Crippen molar-refractivity contribution in [2.45, 2.75) is 0 Å². The molecule has 0 fully saturated rings. The molecule has 0 saturated heterocycles. The molecule has 0 aliphatic heterocycles. The summed E-state index contributed by atoms with van der Waals surface area (Å²) in [5, 5.41) is 9.38. The Kier molecular flexibility index (Phi) is 7.54. The Morgan fingerprint density at radius 1 is 0.390 bits per heavy atom. The number of hydrogen-bond acceptors (Lipinski definition) is 2. The molecule has 3 nitrogen and oxygen atoms in total. The monoisotopic (exact) mass is 752 g/mol. The van der Waals surface area contributed by atoms with Crippen LogP contribution in [0.15, 0.2) is 223 Å². The van der Waals surface area contributed by atoms with Crippen LogP contribution in [0.5, 0.6) is 0 Å². The van der Waals surface area contributed by atoms with Crippen LogP contribution >= 0.6 is 0 Å². The van der Waals surface area contributed by atoms with Gasteiger partial charge in [0.15, 0.2) is 5.58 Å². The molecule has 0 atom stereocenters. The van der Waals surface area contributed by atoms with Gasteiger partial charge < -0.3 is 13.9 Å². The highest BCUT2D eigenvalue weighted by Gasteiger charge is 2.24. The van der Waals surface area contributed by atoms with E-state index in [-0.39, 0.29) is 0 Å². The van der Waals surface area contributed by atoms with E-state index in [1.165, 1.54) is 54.5 Å². The zero-order valence-electron chi connectivity index (χ0n) is 32.1. The molecule has 0 bridgehead atoms. The molecule has 0 radical (unpaired) electrons. The van der Waals surface area contributed by atoms with Crippen molar-refractivity contribution in [3.8, 4) is 27.9 Å². The summed E-state index contributed by atoms with van der Waals surface area (Å²) < 4.78 is 9.50. The summed E-state index contributed by atoms with van der Waals surface area (Å²) >= 11 is 0.